The number of rotatable bonds is 5. The van der Waals surface area contributed by atoms with Crippen molar-refractivity contribution in [1.29, 1.82) is 0 Å². The van der Waals surface area contributed by atoms with Crippen LogP contribution in [0, 0.1) is 5.92 Å². The highest BCUT2D eigenvalue weighted by molar-refractivity contribution is 5.92. The smallest absolute Gasteiger partial charge is 0.438 e. The first-order valence-corrected chi connectivity index (χ1v) is 9.21. The number of hydrogen-bond donors (Lipinski definition) is 1. The molecule has 1 amide bonds. The summed E-state index contributed by atoms with van der Waals surface area (Å²) in [6, 6.07) is 6.46. The zero-order valence-corrected chi connectivity index (χ0v) is 15.5. The van der Waals surface area contributed by atoms with E-state index in [2.05, 4.69) is 5.10 Å². The Bertz CT molecular complexity index is 747. The van der Waals surface area contributed by atoms with E-state index in [4.69, 9.17) is 9.47 Å². The highest BCUT2D eigenvalue weighted by Gasteiger charge is 2.63. The van der Waals surface area contributed by atoms with E-state index in [1.807, 2.05) is 0 Å². The lowest BCUT2D eigenvalue weighted by atomic mass is 9.83. The molecule has 1 aromatic carbocycles. The summed E-state index contributed by atoms with van der Waals surface area (Å²) in [5, 5.41) is 14.4. The molecule has 1 aromatic rings. The number of hydrazone groups is 1. The van der Waals surface area contributed by atoms with Crippen molar-refractivity contribution < 1.29 is 32.5 Å². The average molecular weight is 400 g/mol. The van der Waals surface area contributed by atoms with Gasteiger partial charge >= 0.3 is 6.18 Å². The second-order valence-corrected chi connectivity index (χ2v) is 7.06. The number of hydrogen-bond acceptors (Lipinski definition) is 5. The van der Waals surface area contributed by atoms with Crippen LogP contribution in [0.5, 0.6) is 11.5 Å². The van der Waals surface area contributed by atoms with Gasteiger partial charge in [0.25, 0.3) is 11.6 Å². The van der Waals surface area contributed by atoms with Gasteiger partial charge in [-0.1, -0.05) is 31.4 Å². The van der Waals surface area contributed by atoms with Crippen molar-refractivity contribution in [1.82, 2.24) is 5.01 Å². The molecule has 9 heteroatoms. The Morgan fingerprint density at radius 3 is 2.50 bits per heavy atom. The molecule has 1 fully saturated rings. The SMILES string of the molecule is COc1ccccc1OCC(=O)N1N=C(C2CCCCC2)CC1(O)C(F)(F)F. The number of benzene rings is 1. The predicted octanol–water partition coefficient (Wildman–Crippen LogP) is 3.49. The van der Waals surface area contributed by atoms with Crippen molar-refractivity contribution in [3.8, 4) is 11.5 Å². The van der Waals surface area contributed by atoms with Crippen LogP contribution in [0.3, 0.4) is 0 Å². The molecule has 1 N–H and O–H groups in total. The first kappa shape index (κ1) is 20.4. The molecular formula is C19H23F3N2O4. The van der Waals surface area contributed by atoms with Gasteiger partial charge in [0.05, 0.1) is 7.11 Å². The standard InChI is InChI=1S/C19H23F3N2O4/c1-27-15-9-5-6-10-16(15)28-12-17(25)24-18(26,19(20,21)22)11-14(23-24)13-7-3-2-4-8-13/h5-6,9-10,13,26H,2-4,7-8,11-12H2,1H3. The van der Waals surface area contributed by atoms with Gasteiger partial charge in [-0.3, -0.25) is 4.79 Å². The van der Waals surface area contributed by atoms with Crippen LogP contribution < -0.4 is 9.47 Å². The molecule has 154 valence electrons. The summed E-state index contributed by atoms with van der Waals surface area (Å²) in [5.41, 5.74) is -3.12. The van der Waals surface area contributed by atoms with Gasteiger partial charge in [0, 0.05) is 12.1 Å². The zero-order valence-electron chi connectivity index (χ0n) is 15.5. The number of carbonyl (C=O) groups is 1. The van der Waals surface area contributed by atoms with Crippen molar-refractivity contribution in [3.05, 3.63) is 24.3 Å². The molecule has 1 atom stereocenters. The molecule has 0 aromatic heterocycles. The molecular weight excluding hydrogens is 377 g/mol. The summed E-state index contributed by atoms with van der Waals surface area (Å²) in [7, 11) is 1.41. The number of aliphatic hydroxyl groups is 1. The first-order chi connectivity index (χ1) is 13.3. The van der Waals surface area contributed by atoms with Gasteiger partial charge < -0.3 is 14.6 Å². The predicted molar refractivity (Wildman–Crippen MR) is 95.0 cm³/mol. The van der Waals surface area contributed by atoms with Gasteiger partial charge in [0.2, 0.25) is 0 Å². The molecule has 0 radical (unpaired) electrons. The monoisotopic (exact) mass is 400 g/mol. The number of nitrogens with zero attached hydrogens (tertiary/aromatic N) is 2. The normalized spacial score (nSPS) is 23.5. The molecule has 0 spiro atoms. The molecule has 1 saturated carbocycles. The number of para-hydroxylation sites is 2. The van der Waals surface area contributed by atoms with Crippen molar-refractivity contribution in [2.45, 2.75) is 50.4 Å². The second kappa shape index (κ2) is 7.98. The van der Waals surface area contributed by atoms with Gasteiger partial charge in [-0.25, -0.2) is 0 Å². The molecule has 1 heterocycles. The van der Waals surface area contributed by atoms with Crippen molar-refractivity contribution in [2.24, 2.45) is 11.0 Å². The molecule has 28 heavy (non-hydrogen) atoms. The average Bonchev–Trinajstić information content (AvgIpc) is 3.06. The Hall–Kier alpha value is -2.29. The van der Waals surface area contributed by atoms with E-state index in [1.165, 1.54) is 13.2 Å². The zero-order chi connectivity index (χ0) is 20.4. The third-order valence-electron chi connectivity index (χ3n) is 5.19. The fraction of sp³-hybridized carbons (Fsp3) is 0.579. The van der Waals surface area contributed by atoms with Crippen LogP contribution in [0.2, 0.25) is 0 Å². The number of halogens is 3. The third kappa shape index (κ3) is 3.94. The summed E-state index contributed by atoms with van der Waals surface area (Å²) in [5.74, 6) is -0.661. The lowest BCUT2D eigenvalue weighted by Gasteiger charge is -2.32. The number of carbonyl (C=O) groups excluding carboxylic acids is 1. The number of ether oxygens (including phenoxy) is 2. The Morgan fingerprint density at radius 1 is 1.25 bits per heavy atom. The minimum Gasteiger partial charge on any atom is -0.493 e. The van der Waals surface area contributed by atoms with Crippen LogP contribution in [0.15, 0.2) is 29.4 Å². The maximum absolute atomic E-state index is 13.6. The van der Waals surface area contributed by atoms with E-state index < -0.39 is 30.8 Å². The maximum Gasteiger partial charge on any atom is 0.438 e. The van der Waals surface area contributed by atoms with Crippen LogP contribution in [-0.4, -0.2) is 47.4 Å². The van der Waals surface area contributed by atoms with Crippen molar-refractivity contribution in [3.63, 3.8) is 0 Å². The summed E-state index contributed by atoms with van der Waals surface area (Å²) >= 11 is 0. The first-order valence-electron chi connectivity index (χ1n) is 9.21. The van der Waals surface area contributed by atoms with Crippen molar-refractivity contribution in [2.75, 3.05) is 13.7 Å². The second-order valence-electron chi connectivity index (χ2n) is 7.06. The maximum atomic E-state index is 13.6. The van der Waals surface area contributed by atoms with E-state index >= 15 is 0 Å². The van der Waals surface area contributed by atoms with Crippen molar-refractivity contribution >= 4 is 11.6 Å². The Balaban J connectivity index is 1.78. The number of amides is 1. The quantitative estimate of drug-likeness (QED) is 0.821. The number of methoxy groups -OCH3 is 1. The molecule has 0 bridgehead atoms. The van der Waals surface area contributed by atoms with Crippen LogP contribution >= 0.6 is 0 Å². The Labute approximate surface area is 160 Å². The fourth-order valence-electron chi connectivity index (χ4n) is 3.66. The van der Waals surface area contributed by atoms with E-state index in [9.17, 15) is 23.1 Å². The van der Waals surface area contributed by atoms with E-state index in [1.54, 1.807) is 18.2 Å². The van der Waals surface area contributed by atoms with Gasteiger partial charge in [0.15, 0.2) is 18.1 Å². The Morgan fingerprint density at radius 2 is 1.89 bits per heavy atom. The molecule has 3 rings (SSSR count). The van der Waals surface area contributed by atoms with Crippen LogP contribution in [0.4, 0.5) is 13.2 Å². The molecule has 1 aliphatic carbocycles. The Kier molecular flexibility index (Phi) is 5.83. The summed E-state index contributed by atoms with van der Waals surface area (Å²) in [4.78, 5) is 12.5. The topological polar surface area (TPSA) is 71.4 Å². The van der Waals surface area contributed by atoms with Gasteiger partial charge in [-0.15, -0.1) is 0 Å². The summed E-state index contributed by atoms with van der Waals surface area (Å²) < 4.78 is 51.2. The molecule has 6 nitrogen and oxygen atoms in total. The third-order valence-corrected chi connectivity index (χ3v) is 5.19. The van der Waals surface area contributed by atoms with Gasteiger partial charge in [0.1, 0.15) is 0 Å². The largest absolute Gasteiger partial charge is 0.493 e. The van der Waals surface area contributed by atoms with E-state index in [-0.39, 0.29) is 22.4 Å². The highest BCUT2D eigenvalue weighted by atomic mass is 19.4. The lowest BCUT2D eigenvalue weighted by molar-refractivity contribution is -0.302. The van der Waals surface area contributed by atoms with Crippen LogP contribution in [0.25, 0.3) is 0 Å². The van der Waals surface area contributed by atoms with Crippen LogP contribution in [-0.2, 0) is 4.79 Å². The molecule has 0 saturated heterocycles. The summed E-state index contributed by atoms with van der Waals surface area (Å²) in [6.45, 7) is -0.708. The lowest BCUT2D eigenvalue weighted by Crippen LogP contribution is -2.57. The van der Waals surface area contributed by atoms with Gasteiger partial charge in [-0.2, -0.15) is 23.3 Å². The van der Waals surface area contributed by atoms with E-state index in [0.717, 1.165) is 19.3 Å². The minimum absolute atomic E-state index is 0.143. The molecule has 1 unspecified atom stereocenters. The minimum atomic E-state index is -5.03. The van der Waals surface area contributed by atoms with E-state index in [0.29, 0.717) is 18.6 Å². The molecule has 2 aliphatic rings. The van der Waals surface area contributed by atoms with Gasteiger partial charge in [-0.05, 0) is 30.9 Å². The summed E-state index contributed by atoms with van der Waals surface area (Å²) in [6.07, 6.45) is -1.49. The fourth-order valence-corrected chi connectivity index (χ4v) is 3.66. The molecule has 1 aliphatic heterocycles. The van der Waals surface area contributed by atoms with Crippen LogP contribution in [0.1, 0.15) is 38.5 Å². The number of alkyl halides is 3. The highest BCUT2D eigenvalue weighted by Crippen LogP contribution is 2.43.